The molecule has 296 valence electrons. The predicted molar refractivity (Wildman–Crippen MR) is 184 cm³/mol. The predicted octanol–water partition coefficient (Wildman–Crippen LogP) is 1.58. The van der Waals surface area contributed by atoms with Crippen LogP contribution in [0, 0.1) is 5.92 Å². The molecule has 2 aromatic heterocycles. The number of halogens is 1. The maximum absolute atomic E-state index is 15.2. The molecule has 0 amide bonds. The number of carbonyl (C=O) groups excluding carboxylic acids is 3. The number of hydrogen-bond acceptors (Lipinski definition) is 18. The maximum atomic E-state index is 15.2. The van der Waals surface area contributed by atoms with E-state index in [1.165, 1.54) is 17.2 Å². The Labute approximate surface area is 311 Å². The van der Waals surface area contributed by atoms with Gasteiger partial charge in [0, 0.05) is 26.8 Å². The van der Waals surface area contributed by atoms with Crippen molar-refractivity contribution in [3.63, 3.8) is 0 Å². The van der Waals surface area contributed by atoms with E-state index >= 15 is 4.39 Å². The fourth-order valence-electron chi connectivity index (χ4n) is 5.80. The number of phosphoric ester groups is 1. The van der Waals surface area contributed by atoms with E-state index in [1.807, 2.05) is 30.3 Å². The summed E-state index contributed by atoms with van der Waals surface area (Å²) in [6.07, 6.45) is -11.2. The normalized spacial score (nSPS) is 28.4. The molecule has 54 heavy (non-hydrogen) atoms. The lowest BCUT2D eigenvalue weighted by atomic mass is 9.86. The van der Waals surface area contributed by atoms with Gasteiger partial charge in [0.25, 0.3) is 0 Å². The van der Waals surface area contributed by atoms with Gasteiger partial charge in [0.2, 0.25) is 0 Å². The lowest BCUT2D eigenvalue weighted by molar-refractivity contribution is -0.237. The summed E-state index contributed by atoms with van der Waals surface area (Å²) >= 11 is 4.87. The van der Waals surface area contributed by atoms with E-state index < -0.39 is 107 Å². The number of imidazole rings is 1. The van der Waals surface area contributed by atoms with E-state index in [1.54, 1.807) is 0 Å². The third-order valence-corrected chi connectivity index (χ3v) is 11.8. The molecule has 3 aromatic rings. The smallest absolute Gasteiger partial charge is 0.463 e. The number of ether oxygens (including phenoxy) is 4. The van der Waals surface area contributed by atoms with Crippen LogP contribution in [0.2, 0.25) is 0 Å². The van der Waals surface area contributed by atoms with Crippen LogP contribution >= 0.6 is 14.5 Å². The van der Waals surface area contributed by atoms with Crippen LogP contribution in [-0.4, -0.2) is 113 Å². The van der Waals surface area contributed by atoms with Crippen molar-refractivity contribution in [2.45, 2.75) is 82.9 Å². The minimum atomic E-state index is -5.44. The highest BCUT2D eigenvalue weighted by atomic mass is 32.5. The van der Waals surface area contributed by atoms with Crippen LogP contribution in [0.1, 0.15) is 39.0 Å². The average molecular weight is 822 g/mol. The van der Waals surface area contributed by atoms with Crippen molar-refractivity contribution >= 4 is 61.1 Å². The monoisotopic (exact) mass is 821 g/mol. The number of aromatic nitrogens is 4. The number of phosphoric acid groups is 1. The van der Waals surface area contributed by atoms with Gasteiger partial charge in [-0.25, -0.2) is 28.2 Å². The molecule has 2 fully saturated rings. The van der Waals surface area contributed by atoms with Crippen LogP contribution in [0.25, 0.3) is 11.2 Å². The largest absolute Gasteiger partial charge is 0.481 e. The Hall–Kier alpha value is -3.37. The van der Waals surface area contributed by atoms with Gasteiger partial charge < -0.3 is 48.8 Å². The number of fused-ring (bicyclic) bond motifs is 1. The van der Waals surface area contributed by atoms with Crippen molar-refractivity contribution in [3.8, 4) is 0 Å². The minimum absolute atomic E-state index is 0.246. The molecule has 4 heterocycles. The standard InChI is InChI=1S/C30H38FN5O15P2S/c1-15(37)19-9-22(49-27(26(19)47-17(3)39)20(31)11-45-16(2)38)50-52(42,43)51-53(44,54)46-12-21-24(40)25(41)30(48-21)36-14-35-23-28(33-13-34-29(23)36)32-10-18-7-5-4-6-8-18/h4-8,13-14,19-22,24-27,30,40-41H,9-12H2,1-3H3,(H,42,43)(H,44,54)(H,32,33,34)/t19?,20-,21+,22-,24-,25?,26-,27?,30+,53?/m0/s1. The number of Topliss-reactive ketones (excluding diaryl/α,β-unsaturated/α-hetero) is 1. The highest BCUT2D eigenvalue weighted by Crippen LogP contribution is 2.62. The molecule has 0 saturated carbocycles. The second-order valence-corrected chi connectivity index (χ2v) is 16.6. The molecule has 0 spiro atoms. The quantitative estimate of drug-likeness (QED) is 0.101. The van der Waals surface area contributed by atoms with Gasteiger partial charge in [0.1, 0.15) is 49.2 Å². The zero-order valence-electron chi connectivity index (χ0n) is 28.8. The zero-order chi connectivity index (χ0) is 39.4. The first kappa shape index (κ1) is 41.8. The van der Waals surface area contributed by atoms with Crippen molar-refractivity contribution in [1.82, 2.24) is 19.5 Å². The number of aliphatic hydroxyl groups excluding tert-OH is 2. The number of benzene rings is 1. The maximum Gasteiger partial charge on any atom is 0.481 e. The zero-order valence-corrected chi connectivity index (χ0v) is 31.4. The Kier molecular flexibility index (Phi) is 13.6. The van der Waals surface area contributed by atoms with Gasteiger partial charge in [0.05, 0.1) is 18.9 Å². The Balaban J connectivity index is 1.21. The number of rotatable bonds is 16. The van der Waals surface area contributed by atoms with Crippen molar-refractivity contribution in [2.75, 3.05) is 18.5 Å². The number of hydrogen-bond donors (Lipinski definition) is 5. The summed E-state index contributed by atoms with van der Waals surface area (Å²) in [5.74, 6) is -3.28. The molecule has 11 atom stereocenters. The second kappa shape index (κ2) is 17.6. The molecule has 0 radical (unpaired) electrons. The molecule has 5 rings (SSSR count). The van der Waals surface area contributed by atoms with E-state index in [2.05, 4.69) is 25.0 Å². The molecule has 5 N–H and O–H groups in total. The van der Waals surface area contributed by atoms with Gasteiger partial charge in [0.15, 0.2) is 35.7 Å². The number of esters is 2. The Morgan fingerprint density at radius 1 is 1.07 bits per heavy atom. The average Bonchev–Trinajstić information content (AvgIpc) is 3.65. The lowest BCUT2D eigenvalue weighted by Gasteiger charge is -2.41. The molecule has 24 heteroatoms. The Morgan fingerprint density at radius 3 is 2.46 bits per heavy atom. The fourth-order valence-corrected chi connectivity index (χ4v) is 8.90. The third kappa shape index (κ3) is 10.5. The topological polar surface area (TPSA) is 269 Å². The molecular formula is C30H38FN5O15P2S. The van der Waals surface area contributed by atoms with Crippen LogP contribution in [0.4, 0.5) is 10.2 Å². The van der Waals surface area contributed by atoms with Crippen LogP contribution in [0.15, 0.2) is 43.0 Å². The van der Waals surface area contributed by atoms with Crippen LogP contribution in [0.3, 0.4) is 0 Å². The molecule has 2 aliphatic rings. The van der Waals surface area contributed by atoms with E-state index in [0.29, 0.717) is 17.9 Å². The van der Waals surface area contributed by atoms with E-state index in [0.717, 1.165) is 26.3 Å². The number of nitrogens with zero attached hydrogens (tertiary/aromatic N) is 4. The highest BCUT2D eigenvalue weighted by Gasteiger charge is 2.50. The first-order valence-corrected chi connectivity index (χ1v) is 20.3. The molecule has 1 aromatic carbocycles. The van der Waals surface area contributed by atoms with Gasteiger partial charge >= 0.3 is 26.5 Å². The van der Waals surface area contributed by atoms with Gasteiger partial charge in [-0.15, -0.1) is 0 Å². The number of anilines is 1. The molecule has 5 unspecified atom stereocenters. The third-order valence-electron chi connectivity index (χ3n) is 8.23. The summed E-state index contributed by atoms with van der Waals surface area (Å²) < 4.78 is 65.5. The van der Waals surface area contributed by atoms with E-state index in [4.69, 9.17) is 39.4 Å². The Bertz CT molecular complexity index is 1910. The summed E-state index contributed by atoms with van der Waals surface area (Å²) in [7, 11) is -5.44. The molecule has 2 saturated heterocycles. The summed E-state index contributed by atoms with van der Waals surface area (Å²) in [5.41, 5.74) is 1.57. The summed E-state index contributed by atoms with van der Waals surface area (Å²) in [6, 6.07) is 9.51. The summed E-state index contributed by atoms with van der Waals surface area (Å²) in [4.78, 5) is 69.4. The summed E-state index contributed by atoms with van der Waals surface area (Å²) in [6.45, 7) is -2.79. The van der Waals surface area contributed by atoms with Crippen molar-refractivity contribution in [1.29, 1.82) is 0 Å². The van der Waals surface area contributed by atoms with Crippen molar-refractivity contribution in [3.05, 3.63) is 48.5 Å². The number of ketones is 1. The van der Waals surface area contributed by atoms with Crippen LogP contribution < -0.4 is 5.32 Å². The first-order chi connectivity index (χ1) is 25.4. The van der Waals surface area contributed by atoms with E-state index in [-0.39, 0.29) is 5.65 Å². The van der Waals surface area contributed by atoms with Gasteiger partial charge in [-0.3, -0.25) is 23.5 Å². The number of alkyl halides is 1. The van der Waals surface area contributed by atoms with Gasteiger partial charge in [-0.05, 0) is 24.3 Å². The molecule has 0 aliphatic carbocycles. The lowest BCUT2D eigenvalue weighted by Crippen LogP contribution is -2.54. The van der Waals surface area contributed by atoms with Gasteiger partial charge in [-0.2, -0.15) is 0 Å². The highest BCUT2D eigenvalue weighted by molar-refractivity contribution is 8.08. The number of aliphatic hydroxyl groups is 2. The van der Waals surface area contributed by atoms with E-state index in [9.17, 15) is 38.9 Å². The Morgan fingerprint density at radius 2 is 1.80 bits per heavy atom. The summed E-state index contributed by atoms with van der Waals surface area (Å²) in [5, 5.41) is 24.8. The van der Waals surface area contributed by atoms with Crippen molar-refractivity contribution in [2.24, 2.45) is 5.92 Å². The van der Waals surface area contributed by atoms with Crippen LogP contribution in [-0.2, 0) is 69.6 Å². The molecule has 0 bridgehead atoms. The number of carbonyl (C=O) groups is 3. The SMILES string of the molecule is CC(=O)OC[C@H](F)C1O[C@@H](OP(=O)(O)OP(O)(=S)OC[C@H]2O[C@@H](n3cnc4c(NCc5ccccc5)ncnc43)C(O)[C@H]2O)CC(C(C)=O)[C@@H]1OC(C)=O. The van der Waals surface area contributed by atoms with Crippen LogP contribution in [0.5, 0.6) is 0 Å². The fraction of sp³-hybridized carbons (Fsp3) is 0.533. The number of nitrogens with one attached hydrogen (secondary N) is 1. The first-order valence-electron chi connectivity index (χ1n) is 16.2. The second-order valence-electron chi connectivity index (χ2n) is 12.2. The minimum Gasteiger partial charge on any atom is -0.463 e. The molecule has 2 aliphatic heterocycles. The van der Waals surface area contributed by atoms with Crippen molar-refractivity contribution < 1.29 is 75.6 Å². The van der Waals surface area contributed by atoms with Gasteiger partial charge in [-0.1, -0.05) is 30.3 Å². The molecule has 20 nitrogen and oxygen atoms in total. The molecular weight excluding hydrogens is 783 g/mol.